The summed E-state index contributed by atoms with van der Waals surface area (Å²) in [5.74, 6) is -0.220. The van der Waals surface area contributed by atoms with Crippen molar-refractivity contribution in [2.75, 3.05) is 31.1 Å². The van der Waals surface area contributed by atoms with Gasteiger partial charge in [0.25, 0.3) is 5.91 Å². The van der Waals surface area contributed by atoms with Crippen LogP contribution in [0.15, 0.2) is 66.7 Å². The molecule has 2 aromatic carbocycles. The smallest absolute Gasteiger partial charge is 0.255 e. The van der Waals surface area contributed by atoms with E-state index >= 15 is 0 Å². The zero-order valence-electron chi connectivity index (χ0n) is 15.8. The first-order chi connectivity index (χ1) is 13.6. The molecule has 28 heavy (non-hydrogen) atoms. The molecule has 142 valence electrons. The van der Waals surface area contributed by atoms with Crippen molar-refractivity contribution in [1.82, 2.24) is 9.88 Å². The van der Waals surface area contributed by atoms with Crippen molar-refractivity contribution in [1.29, 1.82) is 0 Å². The van der Waals surface area contributed by atoms with Crippen LogP contribution in [0.4, 0.5) is 10.1 Å². The molecule has 1 aliphatic rings. The zero-order valence-corrected chi connectivity index (χ0v) is 15.8. The van der Waals surface area contributed by atoms with Crippen LogP contribution in [0.5, 0.6) is 0 Å². The first-order valence-corrected chi connectivity index (χ1v) is 9.45. The van der Waals surface area contributed by atoms with Gasteiger partial charge in [-0.15, -0.1) is 0 Å². The van der Waals surface area contributed by atoms with Gasteiger partial charge in [0.1, 0.15) is 5.82 Å². The number of aromatic nitrogens is 1. The van der Waals surface area contributed by atoms with E-state index < -0.39 is 0 Å². The lowest BCUT2D eigenvalue weighted by Gasteiger charge is -2.36. The first-order valence-electron chi connectivity index (χ1n) is 9.45. The normalized spacial score (nSPS) is 14.2. The lowest BCUT2D eigenvalue weighted by Crippen LogP contribution is -2.49. The Balaban J connectivity index is 1.44. The lowest BCUT2D eigenvalue weighted by atomic mass is 10.1. The molecule has 1 aromatic heterocycles. The fraction of sp³-hybridized carbons (Fsp3) is 0.217. The number of hydrogen-bond donors (Lipinski definition) is 0. The second-order valence-electron chi connectivity index (χ2n) is 6.95. The van der Waals surface area contributed by atoms with Crippen LogP contribution in [-0.2, 0) is 0 Å². The van der Waals surface area contributed by atoms with Gasteiger partial charge in [0, 0.05) is 37.4 Å². The maximum absolute atomic E-state index is 13.1. The van der Waals surface area contributed by atoms with Crippen LogP contribution in [0.3, 0.4) is 0 Å². The van der Waals surface area contributed by atoms with Gasteiger partial charge < -0.3 is 9.80 Å². The highest BCUT2D eigenvalue weighted by molar-refractivity contribution is 5.95. The number of pyridine rings is 1. The highest BCUT2D eigenvalue weighted by Gasteiger charge is 2.24. The van der Waals surface area contributed by atoms with E-state index in [1.165, 1.54) is 12.1 Å². The molecule has 0 radical (unpaired) electrons. The van der Waals surface area contributed by atoms with E-state index in [1.807, 2.05) is 54.3 Å². The zero-order chi connectivity index (χ0) is 19.5. The van der Waals surface area contributed by atoms with Crippen molar-refractivity contribution >= 4 is 11.6 Å². The summed E-state index contributed by atoms with van der Waals surface area (Å²) in [5, 5.41) is 0. The summed E-state index contributed by atoms with van der Waals surface area (Å²) < 4.78 is 13.1. The topological polar surface area (TPSA) is 36.4 Å². The molecule has 5 heteroatoms. The summed E-state index contributed by atoms with van der Waals surface area (Å²) in [6, 6.07) is 20.2. The summed E-state index contributed by atoms with van der Waals surface area (Å²) in [7, 11) is 0. The minimum atomic E-state index is -0.237. The molecule has 2 heterocycles. The highest BCUT2D eigenvalue weighted by Crippen LogP contribution is 2.21. The third kappa shape index (κ3) is 3.74. The second-order valence-corrected chi connectivity index (χ2v) is 6.95. The summed E-state index contributed by atoms with van der Waals surface area (Å²) >= 11 is 0. The molecule has 1 aliphatic heterocycles. The molecule has 1 fully saturated rings. The SMILES string of the molecule is Cc1nc(-c2ccccc2)ccc1C(=O)N1CCN(c2ccc(F)cc2)CC1. The average Bonchev–Trinajstić information content (AvgIpc) is 2.74. The number of aryl methyl sites for hydroxylation is 1. The minimum absolute atomic E-state index is 0.0170. The monoisotopic (exact) mass is 375 g/mol. The van der Waals surface area contributed by atoms with E-state index in [2.05, 4.69) is 9.88 Å². The minimum Gasteiger partial charge on any atom is -0.368 e. The molecule has 4 rings (SSSR count). The van der Waals surface area contributed by atoms with Gasteiger partial charge in [0.05, 0.1) is 17.0 Å². The van der Waals surface area contributed by atoms with Gasteiger partial charge in [-0.1, -0.05) is 30.3 Å². The Bertz CT molecular complexity index is 965. The summed E-state index contributed by atoms with van der Waals surface area (Å²) in [6.45, 7) is 4.61. The quantitative estimate of drug-likeness (QED) is 0.690. The van der Waals surface area contributed by atoms with Crippen molar-refractivity contribution in [3.8, 4) is 11.3 Å². The van der Waals surface area contributed by atoms with Gasteiger partial charge in [0.2, 0.25) is 0 Å². The predicted octanol–water partition coefficient (Wildman–Crippen LogP) is 4.16. The number of halogens is 1. The molecule has 4 nitrogen and oxygen atoms in total. The van der Waals surface area contributed by atoms with E-state index in [9.17, 15) is 9.18 Å². The average molecular weight is 375 g/mol. The molecule has 3 aromatic rings. The maximum atomic E-state index is 13.1. The summed E-state index contributed by atoms with van der Waals surface area (Å²) in [6.07, 6.45) is 0. The summed E-state index contributed by atoms with van der Waals surface area (Å²) in [4.78, 5) is 21.7. The van der Waals surface area contributed by atoms with Crippen molar-refractivity contribution in [2.24, 2.45) is 0 Å². The molecule has 1 saturated heterocycles. The molecule has 0 N–H and O–H groups in total. The fourth-order valence-corrected chi connectivity index (χ4v) is 3.55. The Morgan fingerprint density at radius 1 is 0.893 bits per heavy atom. The number of piperazine rings is 1. The molecular weight excluding hydrogens is 353 g/mol. The fourth-order valence-electron chi connectivity index (χ4n) is 3.55. The van der Waals surface area contributed by atoms with Crippen molar-refractivity contribution in [3.63, 3.8) is 0 Å². The van der Waals surface area contributed by atoms with Crippen LogP contribution in [0, 0.1) is 12.7 Å². The van der Waals surface area contributed by atoms with Crippen molar-refractivity contribution in [3.05, 3.63) is 83.8 Å². The molecule has 0 bridgehead atoms. The molecule has 0 saturated carbocycles. The maximum Gasteiger partial charge on any atom is 0.255 e. The van der Waals surface area contributed by atoms with Gasteiger partial charge in [0.15, 0.2) is 0 Å². The van der Waals surface area contributed by atoms with Crippen LogP contribution >= 0.6 is 0 Å². The van der Waals surface area contributed by atoms with Crippen LogP contribution in [0.1, 0.15) is 16.1 Å². The van der Waals surface area contributed by atoms with Gasteiger partial charge in [-0.05, 0) is 43.3 Å². The number of benzene rings is 2. The number of anilines is 1. The Labute approximate surface area is 164 Å². The van der Waals surface area contributed by atoms with Crippen molar-refractivity contribution < 1.29 is 9.18 Å². The van der Waals surface area contributed by atoms with Gasteiger partial charge in [-0.2, -0.15) is 0 Å². The van der Waals surface area contributed by atoms with Gasteiger partial charge >= 0.3 is 0 Å². The molecule has 1 amide bonds. The first kappa shape index (κ1) is 18.2. The molecule has 0 atom stereocenters. The van der Waals surface area contributed by atoms with Crippen molar-refractivity contribution in [2.45, 2.75) is 6.92 Å². The number of hydrogen-bond acceptors (Lipinski definition) is 3. The lowest BCUT2D eigenvalue weighted by molar-refractivity contribution is 0.0745. The molecule has 0 aliphatic carbocycles. The number of nitrogens with zero attached hydrogens (tertiary/aromatic N) is 3. The van der Waals surface area contributed by atoms with Crippen LogP contribution in [0.2, 0.25) is 0 Å². The Morgan fingerprint density at radius 3 is 2.21 bits per heavy atom. The third-order valence-corrected chi connectivity index (χ3v) is 5.14. The van der Waals surface area contributed by atoms with Crippen LogP contribution in [0.25, 0.3) is 11.3 Å². The number of amides is 1. The van der Waals surface area contributed by atoms with Gasteiger partial charge in [-0.25, -0.2) is 4.39 Å². The second kappa shape index (κ2) is 7.80. The third-order valence-electron chi connectivity index (χ3n) is 5.14. The largest absolute Gasteiger partial charge is 0.368 e. The number of carbonyl (C=O) groups is 1. The van der Waals surface area contributed by atoms with E-state index in [0.29, 0.717) is 18.7 Å². The molecule has 0 unspecified atom stereocenters. The van der Waals surface area contributed by atoms with E-state index in [0.717, 1.165) is 35.7 Å². The van der Waals surface area contributed by atoms with E-state index in [4.69, 9.17) is 0 Å². The van der Waals surface area contributed by atoms with E-state index in [1.54, 1.807) is 12.1 Å². The summed E-state index contributed by atoms with van der Waals surface area (Å²) in [5.41, 5.74) is 4.29. The highest BCUT2D eigenvalue weighted by atomic mass is 19.1. The Hall–Kier alpha value is -3.21. The van der Waals surface area contributed by atoms with Gasteiger partial charge in [-0.3, -0.25) is 9.78 Å². The Kier molecular flexibility index (Phi) is 5.06. The molecular formula is C23H22FN3O. The number of rotatable bonds is 3. The number of carbonyl (C=O) groups excluding carboxylic acids is 1. The molecule has 0 spiro atoms. The van der Waals surface area contributed by atoms with E-state index in [-0.39, 0.29) is 11.7 Å². The standard InChI is InChI=1S/C23H22FN3O/c1-17-21(11-12-22(25-17)18-5-3-2-4-6-18)23(28)27-15-13-26(14-16-27)20-9-7-19(24)8-10-20/h2-12H,13-16H2,1H3. The van der Waals surface area contributed by atoms with Crippen LogP contribution < -0.4 is 4.90 Å². The predicted molar refractivity (Wildman–Crippen MR) is 109 cm³/mol. The van der Waals surface area contributed by atoms with Crippen LogP contribution in [-0.4, -0.2) is 42.0 Å². The Morgan fingerprint density at radius 2 is 1.57 bits per heavy atom.